The van der Waals surface area contributed by atoms with Crippen LogP contribution in [0.4, 0.5) is 13.2 Å². The van der Waals surface area contributed by atoms with E-state index in [0.717, 1.165) is 68.7 Å². The van der Waals surface area contributed by atoms with Crippen molar-refractivity contribution in [2.75, 3.05) is 19.6 Å². The molecule has 0 aliphatic carbocycles. The summed E-state index contributed by atoms with van der Waals surface area (Å²) in [7, 11) is 0. The summed E-state index contributed by atoms with van der Waals surface area (Å²) in [5, 5.41) is 15.1. The van der Waals surface area contributed by atoms with Crippen LogP contribution in [-0.2, 0) is 6.18 Å². The molecule has 44 heavy (non-hydrogen) atoms. The fraction of sp³-hybridized carbons (Fsp3) is 0.361. The number of fused-ring (bicyclic) bond motifs is 4. The Morgan fingerprint density at radius 3 is 2.16 bits per heavy atom. The molecule has 1 N–H and O–H groups in total. The minimum atomic E-state index is -4.48. The predicted octanol–water partition coefficient (Wildman–Crippen LogP) is 11.2. The molecule has 0 radical (unpaired) electrons. The van der Waals surface area contributed by atoms with Gasteiger partial charge in [-0.15, -0.1) is 0 Å². The molecule has 0 aliphatic heterocycles. The number of nitrogens with zero attached hydrogens (tertiary/aromatic N) is 2. The Bertz CT molecular complexity index is 1700. The number of rotatable bonds is 10. The first kappa shape index (κ1) is 34.0. The number of para-hydroxylation sites is 1. The van der Waals surface area contributed by atoms with Crippen molar-refractivity contribution < 1.29 is 18.3 Å². The standard InChI is InChI=1S/C26H30Cl2F3NO.C10H9N/c1-3-5-10-32(11-6-4-2)12-9-25(33)23-16-22-21(14-18(27)15-24(22)28)20-13-17(26(29,30)31)7-8-19(20)23;1-8-6-7-9-4-2-3-5-10(9)11-8/h7-8,13-16,25,33H,3-6,9-12H2,1-2H3;2-7H,1H3. The summed E-state index contributed by atoms with van der Waals surface area (Å²) < 4.78 is 40.3. The summed E-state index contributed by atoms with van der Waals surface area (Å²) >= 11 is 12.6. The molecule has 5 aromatic rings. The van der Waals surface area contributed by atoms with Gasteiger partial charge in [-0.05, 0) is 103 Å². The second-order valence-electron chi connectivity index (χ2n) is 11.2. The van der Waals surface area contributed by atoms with Crippen LogP contribution in [-0.4, -0.2) is 34.6 Å². The van der Waals surface area contributed by atoms with Crippen molar-refractivity contribution in [2.45, 2.75) is 65.2 Å². The molecule has 3 nitrogen and oxygen atoms in total. The molecular weight excluding hydrogens is 604 g/mol. The zero-order valence-corrected chi connectivity index (χ0v) is 26.9. The number of halogens is 5. The molecule has 0 bridgehead atoms. The van der Waals surface area contributed by atoms with Crippen molar-refractivity contribution in [3.63, 3.8) is 0 Å². The molecule has 0 amide bonds. The Balaban J connectivity index is 0.000000333. The van der Waals surface area contributed by atoms with Gasteiger partial charge in [0.05, 0.1) is 17.2 Å². The van der Waals surface area contributed by atoms with Crippen LogP contribution in [0, 0.1) is 6.92 Å². The second kappa shape index (κ2) is 15.4. The van der Waals surface area contributed by atoms with Crippen LogP contribution >= 0.6 is 23.2 Å². The highest BCUT2D eigenvalue weighted by molar-refractivity contribution is 6.39. The van der Waals surface area contributed by atoms with Gasteiger partial charge < -0.3 is 10.0 Å². The van der Waals surface area contributed by atoms with Crippen molar-refractivity contribution in [3.05, 3.63) is 99.7 Å². The van der Waals surface area contributed by atoms with Crippen LogP contribution in [0.25, 0.3) is 32.4 Å². The molecular formula is C36H39Cl2F3N2O. The lowest BCUT2D eigenvalue weighted by Crippen LogP contribution is -2.28. The molecule has 234 valence electrons. The Morgan fingerprint density at radius 1 is 0.795 bits per heavy atom. The van der Waals surface area contributed by atoms with E-state index in [2.05, 4.69) is 35.9 Å². The quantitative estimate of drug-likeness (QED) is 0.154. The second-order valence-corrected chi connectivity index (χ2v) is 12.0. The molecule has 4 aromatic carbocycles. The first-order valence-corrected chi connectivity index (χ1v) is 15.9. The fourth-order valence-electron chi connectivity index (χ4n) is 5.39. The summed E-state index contributed by atoms with van der Waals surface area (Å²) in [4.78, 5) is 6.73. The summed E-state index contributed by atoms with van der Waals surface area (Å²) in [6.45, 7) is 8.97. The zero-order valence-electron chi connectivity index (χ0n) is 25.4. The number of pyridine rings is 1. The zero-order chi connectivity index (χ0) is 31.9. The maximum atomic E-state index is 13.4. The average molecular weight is 644 g/mol. The molecule has 1 unspecified atom stereocenters. The molecule has 0 aliphatic rings. The van der Waals surface area contributed by atoms with Crippen molar-refractivity contribution in [2.24, 2.45) is 0 Å². The topological polar surface area (TPSA) is 36.4 Å². The van der Waals surface area contributed by atoms with Crippen molar-refractivity contribution in [3.8, 4) is 0 Å². The number of hydrogen-bond donors (Lipinski definition) is 1. The molecule has 0 fully saturated rings. The van der Waals surface area contributed by atoms with E-state index in [9.17, 15) is 18.3 Å². The van der Waals surface area contributed by atoms with Gasteiger partial charge in [0.1, 0.15) is 0 Å². The van der Waals surface area contributed by atoms with E-state index in [4.69, 9.17) is 23.2 Å². The van der Waals surface area contributed by atoms with Crippen LogP contribution < -0.4 is 0 Å². The highest BCUT2D eigenvalue weighted by atomic mass is 35.5. The number of alkyl halides is 3. The van der Waals surface area contributed by atoms with Crippen LogP contribution in [0.15, 0.2) is 72.8 Å². The van der Waals surface area contributed by atoms with E-state index >= 15 is 0 Å². The summed E-state index contributed by atoms with van der Waals surface area (Å²) in [5.74, 6) is 0. The van der Waals surface area contributed by atoms with Crippen molar-refractivity contribution in [1.29, 1.82) is 0 Å². The van der Waals surface area contributed by atoms with E-state index in [-0.39, 0.29) is 0 Å². The van der Waals surface area contributed by atoms with Crippen LogP contribution in [0.5, 0.6) is 0 Å². The lowest BCUT2D eigenvalue weighted by Gasteiger charge is -2.24. The van der Waals surface area contributed by atoms with Gasteiger partial charge >= 0.3 is 6.18 Å². The Morgan fingerprint density at radius 2 is 1.48 bits per heavy atom. The summed E-state index contributed by atoms with van der Waals surface area (Å²) in [6.07, 6.45) is -0.431. The van der Waals surface area contributed by atoms with Gasteiger partial charge in [0.25, 0.3) is 0 Å². The third-order valence-corrected chi connectivity index (χ3v) is 8.34. The number of hydrogen-bond acceptors (Lipinski definition) is 3. The average Bonchev–Trinajstić information content (AvgIpc) is 2.99. The minimum absolute atomic E-state index is 0.345. The number of benzene rings is 4. The summed E-state index contributed by atoms with van der Waals surface area (Å²) in [5.41, 5.74) is 1.99. The monoisotopic (exact) mass is 642 g/mol. The van der Waals surface area contributed by atoms with E-state index in [1.807, 2.05) is 31.2 Å². The number of unbranched alkanes of at least 4 members (excludes halogenated alkanes) is 2. The van der Waals surface area contributed by atoms with Gasteiger partial charge in [-0.2, -0.15) is 13.2 Å². The molecule has 1 aromatic heterocycles. The Labute approximate surface area is 267 Å². The maximum Gasteiger partial charge on any atom is 0.416 e. The van der Waals surface area contributed by atoms with Crippen LogP contribution in [0.1, 0.15) is 68.9 Å². The number of aromatic nitrogens is 1. The van der Waals surface area contributed by atoms with E-state index in [1.54, 1.807) is 18.2 Å². The number of aryl methyl sites for hydroxylation is 1. The smallest absolute Gasteiger partial charge is 0.388 e. The lowest BCUT2D eigenvalue weighted by molar-refractivity contribution is -0.137. The van der Waals surface area contributed by atoms with Crippen molar-refractivity contribution in [1.82, 2.24) is 9.88 Å². The van der Waals surface area contributed by atoms with E-state index in [1.165, 1.54) is 11.5 Å². The highest BCUT2D eigenvalue weighted by Crippen LogP contribution is 2.40. The van der Waals surface area contributed by atoms with Crippen LogP contribution in [0.2, 0.25) is 10.0 Å². The lowest BCUT2D eigenvalue weighted by atomic mass is 9.92. The predicted molar refractivity (Wildman–Crippen MR) is 179 cm³/mol. The maximum absolute atomic E-state index is 13.4. The third kappa shape index (κ3) is 8.63. The normalized spacial score (nSPS) is 12.6. The van der Waals surface area contributed by atoms with Crippen molar-refractivity contribution >= 4 is 55.6 Å². The van der Waals surface area contributed by atoms with Gasteiger partial charge in [-0.1, -0.05) is 80.2 Å². The van der Waals surface area contributed by atoms with Gasteiger partial charge in [0.2, 0.25) is 0 Å². The van der Waals surface area contributed by atoms with Crippen LogP contribution in [0.3, 0.4) is 0 Å². The molecule has 1 heterocycles. The molecule has 0 saturated carbocycles. The van der Waals surface area contributed by atoms with Gasteiger partial charge in [-0.25, -0.2) is 0 Å². The molecule has 0 saturated heterocycles. The fourth-order valence-corrected chi connectivity index (χ4v) is 5.93. The first-order valence-electron chi connectivity index (χ1n) is 15.2. The number of aliphatic hydroxyl groups excluding tert-OH is 1. The van der Waals surface area contributed by atoms with Gasteiger partial charge in [0.15, 0.2) is 0 Å². The van der Waals surface area contributed by atoms with E-state index < -0.39 is 17.8 Å². The van der Waals surface area contributed by atoms with E-state index in [0.29, 0.717) is 43.6 Å². The first-order chi connectivity index (χ1) is 21.0. The minimum Gasteiger partial charge on any atom is -0.388 e. The summed E-state index contributed by atoms with van der Waals surface area (Å²) in [6, 6.07) is 20.9. The Kier molecular flexibility index (Phi) is 11.9. The third-order valence-electron chi connectivity index (χ3n) is 7.81. The molecule has 1 atom stereocenters. The molecule has 5 rings (SSSR count). The number of aliphatic hydroxyl groups is 1. The van der Waals surface area contributed by atoms with Gasteiger partial charge in [-0.3, -0.25) is 4.98 Å². The largest absolute Gasteiger partial charge is 0.416 e. The Hall–Kier alpha value is -2.90. The highest BCUT2D eigenvalue weighted by Gasteiger charge is 2.31. The van der Waals surface area contributed by atoms with Gasteiger partial charge in [0, 0.05) is 33.1 Å². The molecule has 0 spiro atoms. The SMILES string of the molecule is CCCCN(CCCC)CCC(O)c1cc2c(Cl)cc(Cl)cc2c2cc(C(F)(F)F)ccc12.Cc1ccc2ccccc2n1. The molecule has 8 heteroatoms.